The highest BCUT2D eigenvalue weighted by Gasteiger charge is 2.19. The second-order valence-corrected chi connectivity index (χ2v) is 5.41. The fourth-order valence-electron chi connectivity index (χ4n) is 2.64. The Morgan fingerprint density at radius 1 is 1.50 bits per heavy atom. The summed E-state index contributed by atoms with van der Waals surface area (Å²) < 4.78 is 0. The van der Waals surface area contributed by atoms with Crippen molar-refractivity contribution in [3.8, 4) is 0 Å². The van der Waals surface area contributed by atoms with E-state index in [4.69, 9.17) is 5.73 Å². The quantitative estimate of drug-likeness (QED) is 0.729. The van der Waals surface area contributed by atoms with Gasteiger partial charge in [0.25, 0.3) is 5.91 Å². The number of hydrogen-bond acceptors (Lipinski definition) is 4. The molecule has 1 atom stereocenters. The Balaban J connectivity index is 2.16. The summed E-state index contributed by atoms with van der Waals surface area (Å²) in [5, 5.41) is 6.32. The average Bonchev–Trinajstić information content (AvgIpc) is 2.39. The molecule has 1 saturated heterocycles. The molecule has 1 aliphatic rings. The third-order valence-corrected chi connectivity index (χ3v) is 3.61. The topological polar surface area (TPSA) is 70.4 Å². The minimum atomic E-state index is -0.0563. The van der Waals surface area contributed by atoms with Crippen molar-refractivity contribution in [2.75, 3.05) is 37.7 Å². The van der Waals surface area contributed by atoms with Crippen LogP contribution in [0, 0.1) is 0 Å². The molecule has 110 valence electrons. The van der Waals surface area contributed by atoms with Crippen molar-refractivity contribution in [3.63, 3.8) is 0 Å². The van der Waals surface area contributed by atoms with Gasteiger partial charge in [0.05, 0.1) is 5.56 Å². The number of carbonyl (C=O) groups excluding carboxylic acids is 1. The zero-order valence-corrected chi connectivity index (χ0v) is 12.3. The predicted octanol–water partition coefficient (Wildman–Crippen LogP) is 1.52. The summed E-state index contributed by atoms with van der Waals surface area (Å²) in [5.74, 6) is -0.0563. The highest BCUT2D eigenvalue weighted by molar-refractivity contribution is 6.00. The van der Waals surface area contributed by atoms with Gasteiger partial charge in [0.1, 0.15) is 0 Å². The molecule has 0 saturated carbocycles. The zero-order valence-electron chi connectivity index (χ0n) is 12.3. The van der Waals surface area contributed by atoms with Crippen LogP contribution in [0.25, 0.3) is 0 Å². The molecule has 1 heterocycles. The number of likely N-dealkylation sites (N-methyl/N-ethyl adjacent to an activating group) is 1. The lowest BCUT2D eigenvalue weighted by Crippen LogP contribution is -2.40. The number of rotatable bonds is 4. The van der Waals surface area contributed by atoms with Gasteiger partial charge < -0.3 is 21.3 Å². The van der Waals surface area contributed by atoms with Crippen LogP contribution in [0.2, 0.25) is 0 Å². The number of anilines is 2. The van der Waals surface area contributed by atoms with Crippen LogP contribution in [0.1, 0.15) is 30.1 Å². The summed E-state index contributed by atoms with van der Waals surface area (Å²) in [6.45, 7) is 4.66. The number of hydrogen-bond donors (Lipinski definition) is 3. The molecule has 1 amide bonds. The Bertz CT molecular complexity index is 475. The molecule has 20 heavy (non-hydrogen) atoms. The number of benzene rings is 1. The van der Waals surface area contributed by atoms with E-state index in [0.717, 1.165) is 25.2 Å². The first-order valence-corrected chi connectivity index (χ1v) is 7.23. The second-order valence-electron chi connectivity index (χ2n) is 5.41. The molecule has 0 bridgehead atoms. The molecule has 1 aromatic rings. The van der Waals surface area contributed by atoms with E-state index in [2.05, 4.69) is 22.6 Å². The van der Waals surface area contributed by atoms with Crippen molar-refractivity contribution in [2.45, 2.75) is 25.8 Å². The van der Waals surface area contributed by atoms with Gasteiger partial charge in [0.2, 0.25) is 0 Å². The highest BCUT2D eigenvalue weighted by Crippen LogP contribution is 2.22. The summed E-state index contributed by atoms with van der Waals surface area (Å²) in [6, 6.07) is 5.76. The Kier molecular flexibility index (Phi) is 4.84. The number of amides is 1. The van der Waals surface area contributed by atoms with Crippen LogP contribution >= 0.6 is 0 Å². The first-order valence-electron chi connectivity index (χ1n) is 7.23. The monoisotopic (exact) mass is 276 g/mol. The van der Waals surface area contributed by atoms with Crippen LogP contribution < -0.4 is 16.4 Å². The molecule has 1 aliphatic heterocycles. The van der Waals surface area contributed by atoms with E-state index in [0.29, 0.717) is 23.8 Å². The highest BCUT2D eigenvalue weighted by atomic mass is 16.1. The summed E-state index contributed by atoms with van der Waals surface area (Å²) in [6.07, 6.45) is 2.29. The Hall–Kier alpha value is -1.75. The predicted molar refractivity (Wildman–Crippen MR) is 83.0 cm³/mol. The van der Waals surface area contributed by atoms with Crippen molar-refractivity contribution < 1.29 is 4.79 Å². The minimum Gasteiger partial charge on any atom is -0.399 e. The number of nitrogen functional groups attached to an aromatic ring is 1. The Labute approximate surface area is 120 Å². The van der Waals surface area contributed by atoms with Crippen molar-refractivity contribution in [1.29, 1.82) is 0 Å². The summed E-state index contributed by atoms with van der Waals surface area (Å²) in [4.78, 5) is 14.4. The molecule has 5 nitrogen and oxygen atoms in total. The number of nitrogens with one attached hydrogen (secondary N) is 2. The fourth-order valence-corrected chi connectivity index (χ4v) is 2.64. The first-order chi connectivity index (χ1) is 9.60. The van der Waals surface area contributed by atoms with Gasteiger partial charge in [0, 0.05) is 30.5 Å². The van der Waals surface area contributed by atoms with Crippen LogP contribution in [-0.4, -0.2) is 43.5 Å². The van der Waals surface area contributed by atoms with E-state index in [1.165, 1.54) is 6.42 Å². The van der Waals surface area contributed by atoms with Gasteiger partial charge in [-0.1, -0.05) is 0 Å². The lowest BCUT2D eigenvalue weighted by Gasteiger charge is -2.31. The summed E-state index contributed by atoms with van der Waals surface area (Å²) in [5.41, 5.74) is 8.01. The number of nitrogens with zero attached hydrogens (tertiary/aromatic N) is 1. The molecule has 0 aliphatic carbocycles. The third kappa shape index (κ3) is 3.63. The van der Waals surface area contributed by atoms with E-state index < -0.39 is 0 Å². The number of piperidine rings is 1. The van der Waals surface area contributed by atoms with Crippen LogP contribution in [0.4, 0.5) is 11.4 Å². The summed E-state index contributed by atoms with van der Waals surface area (Å²) >= 11 is 0. The van der Waals surface area contributed by atoms with E-state index in [1.807, 2.05) is 13.0 Å². The third-order valence-electron chi connectivity index (χ3n) is 3.61. The molecule has 1 unspecified atom stereocenters. The molecule has 4 N–H and O–H groups in total. The average molecular weight is 276 g/mol. The maximum atomic E-state index is 12.1. The van der Waals surface area contributed by atoms with Gasteiger partial charge in [-0.05, 0) is 51.6 Å². The Morgan fingerprint density at radius 3 is 3.00 bits per heavy atom. The zero-order chi connectivity index (χ0) is 14.5. The molecule has 2 rings (SSSR count). The minimum absolute atomic E-state index is 0.0563. The molecule has 1 fully saturated rings. The van der Waals surface area contributed by atoms with Crippen LogP contribution in [-0.2, 0) is 0 Å². The van der Waals surface area contributed by atoms with Crippen LogP contribution in [0.3, 0.4) is 0 Å². The van der Waals surface area contributed by atoms with E-state index in [1.54, 1.807) is 12.1 Å². The maximum Gasteiger partial charge on any atom is 0.253 e. The van der Waals surface area contributed by atoms with Gasteiger partial charge in [0.15, 0.2) is 0 Å². The number of nitrogens with two attached hydrogens (primary N) is 1. The second kappa shape index (κ2) is 6.61. The van der Waals surface area contributed by atoms with Gasteiger partial charge in [-0.25, -0.2) is 0 Å². The van der Waals surface area contributed by atoms with Crippen molar-refractivity contribution in [3.05, 3.63) is 23.8 Å². The molecule has 5 heteroatoms. The number of likely N-dealkylation sites (tertiary alicyclic amines) is 1. The molecule has 1 aromatic carbocycles. The molecule has 0 spiro atoms. The standard InChI is InChI=1S/C15H24N4O/c1-3-17-15(20)13-7-6-11(16)9-14(13)18-12-5-4-8-19(2)10-12/h6-7,9,12,18H,3-5,8,10,16H2,1-2H3,(H,17,20). The van der Waals surface area contributed by atoms with Crippen molar-refractivity contribution in [2.24, 2.45) is 0 Å². The van der Waals surface area contributed by atoms with Crippen molar-refractivity contribution >= 4 is 17.3 Å². The largest absolute Gasteiger partial charge is 0.399 e. The lowest BCUT2D eigenvalue weighted by molar-refractivity contribution is 0.0956. The van der Waals surface area contributed by atoms with Crippen LogP contribution in [0.5, 0.6) is 0 Å². The van der Waals surface area contributed by atoms with E-state index in [9.17, 15) is 4.79 Å². The smallest absolute Gasteiger partial charge is 0.253 e. The molecule has 0 radical (unpaired) electrons. The Morgan fingerprint density at radius 2 is 2.30 bits per heavy atom. The van der Waals surface area contributed by atoms with Crippen LogP contribution in [0.15, 0.2) is 18.2 Å². The van der Waals surface area contributed by atoms with Gasteiger partial charge in [-0.2, -0.15) is 0 Å². The van der Waals surface area contributed by atoms with E-state index in [-0.39, 0.29) is 5.91 Å². The molecular formula is C15H24N4O. The molecule has 0 aromatic heterocycles. The number of carbonyl (C=O) groups is 1. The van der Waals surface area contributed by atoms with E-state index >= 15 is 0 Å². The van der Waals surface area contributed by atoms with Gasteiger partial charge >= 0.3 is 0 Å². The maximum absolute atomic E-state index is 12.1. The van der Waals surface area contributed by atoms with Gasteiger partial charge in [-0.15, -0.1) is 0 Å². The normalized spacial score (nSPS) is 19.6. The first kappa shape index (κ1) is 14.7. The SMILES string of the molecule is CCNC(=O)c1ccc(N)cc1NC1CCCN(C)C1. The fraction of sp³-hybridized carbons (Fsp3) is 0.533. The molecular weight excluding hydrogens is 252 g/mol. The van der Waals surface area contributed by atoms with Crippen molar-refractivity contribution in [1.82, 2.24) is 10.2 Å². The summed E-state index contributed by atoms with van der Waals surface area (Å²) in [7, 11) is 2.12. The van der Waals surface area contributed by atoms with Gasteiger partial charge in [-0.3, -0.25) is 4.79 Å². The lowest BCUT2D eigenvalue weighted by atomic mass is 10.0.